The van der Waals surface area contributed by atoms with Crippen molar-refractivity contribution in [2.45, 2.75) is 38.8 Å². The lowest BCUT2D eigenvalue weighted by Crippen LogP contribution is -2.43. The van der Waals surface area contributed by atoms with Crippen molar-refractivity contribution in [1.82, 2.24) is 24.7 Å². The smallest absolute Gasteiger partial charge is 0.224 e. The molecule has 0 spiro atoms. The molecular weight excluding hydrogens is 304 g/mol. The van der Waals surface area contributed by atoms with Crippen molar-refractivity contribution in [1.29, 1.82) is 0 Å². The molecule has 0 N–H and O–H groups in total. The Hall–Kier alpha value is -1.73. The van der Waals surface area contributed by atoms with Crippen molar-refractivity contribution in [2.75, 3.05) is 18.1 Å². The third-order valence-electron chi connectivity index (χ3n) is 4.38. The van der Waals surface area contributed by atoms with Crippen LogP contribution in [0.1, 0.15) is 37.5 Å². The number of aryl methyl sites for hydroxylation is 1. The molecule has 2 aromatic rings. The standard InChI is InChI=1S/C14H17ClN6O/c1-3-10-13-19-18-8(2)20(13)11-6-16-14(15)17-12(11)21(10)9-4-5-22-7-9/h6,9-10H,3-5,7H2,1-2H3/t9?,10-/m1/s1. The van der Waals surface area contributed by atoms with Crippen LogP contribution in [0.25, 0.3) is 5.69 Å². The van der Waals surface area contributed by atoms with Gasteiger partial charge in [0, 0.05) is 6.61 Å². The number of nitrogens with zero attached hydrogens (tertiary/aromatic N) is 6. The van der Waals surface area contributed by atoms with E-state index in [-0.39, 0.29) is 17.4 Å². The van der Waals surface area contributed by atoms with Crippen molar-refractivity contribution in [2.24, 2.45) is 0 Å². The molecule has 8 heteroatoms. The summed E-state index contributed by atoms with van der Waals surface area (Å²) in [6, 6.07) is 0.395. The quantitative estimate of drug-likeness (QED) is 0.789. The van der Waals surface area contributed by atoms with Crippen molar-refractivity contribution >= 4 is 17.4 Å². The van der Waals surface area contributed by atoms with Crippen molar-refractivity contribution in [3.8, 4) is 5.69 Å². The third-order valence-corrected chi connectivity index (χ3v) is 4.56. The van der Waals surface area contributed by atoms with Gasteiger partial charge in [-0.05, 0) is 31.4 Å². The van der Waals surface area contributed by atoms with E-state index in [9.17, 15) is 0 Å². The van der Waals surface area contributed by atoms with Gasteiger partial charge in [-0.25, -0.2) is 4.98 Å². The van der Waals surface area contributed by atoms with E-state index in [1.54, 1.807) is 6.20 Å². The van der Waals surface area contributed by atoms with Crippen molar-refractivity contribution < 1.29 is 4.74 Å². The van der Waals surface area contributed by atoms with E-state index in [1.165, 1.54) is 0 Å². The number of halogens is 1. The van der Waals surface area contributed by atoms with Crippen LogP contribution in [-0.4, -0.2) is 44.0 Å². The predicted molar refractivity (Wildman–Crippen MR) is 81.4 cm³/mol. The van der Waals surface area contributed by atoms with Gasteiger partial charge >= 0.3 is 0 Å². The van der Waals surface area contributed by atoms with E-state index in [1.807, 2.05) is 11.5 Å². The van der Waals surface area contributed by atoms with Crippen molar-refractivity contribution in [3.63, 3.8) is 0 Å². The van der Waals surface area contributed by atoms with Gasteiger partial charge in [0.05, 0.1) is 24.9 Å². The Morgan fingerprint density at radius 1 is 1.41 bits per heavy atom. The molecule has 0 radical (unpaired) electrons. The van der Waals surface area contributed by atoms with Crippen LogP contribution < -0.4 is 4.90 Å². The normalized spacial score (nSPS) is 23.5. The van der Waals surface area contributed by atoms with Crippen LogP contribution in [0.4, 0.5) is 5.82 Å². The number of anilines is 1. The summed E-state index contributed by atoms with van der Waals surface area (Å²) in [5, 5.41) is 8.89. The third kappa shape index (κ3) is 1.92. The lowest BCUT2D eigenvalue weighted by Gasteiger charge is -2.40. The Morgan fingerprint density at radius 2 is 2.27 bits per heavy atom. The summed E-state index contributed by atoms with van der Waals surface area (Å²) < 4.78 is 7.61. The first-order chi connectivity index (χ1) is 10.7. The topological polar surface area (TPSA) is 69.0 Å². The number of aromatic nitrogens is 5. The van der Waals surface area contributed by atoms with Gasteiger partial charge in [0.1, 0.15) is 11.5 Å². The van der Waals surface area contributed by atoms with Crippen LogP contribution in [0.15, 0.2) is 6.20 Å². The van der Waals surface area contributed by atoms with Crippen LogP contribution in [0.2, 0.25) is 5.28 Å². The van der Waals surface area contributed by atoms with Crippen molar-refractivity contribution in [3.05, 3.63) is 23.1 Å². The summed E-state index contributed by atoms with van der Waals surface area (Å²) in [5.74, 6) is 2.62. The van der Waals surface area contributed by atoms with Gasteiger partial charge in [-0.1, -0.05) is 6.92 Å². The number of fused-ring (bicyclic) bond motifs is 3. The molecule has 2 aromatic heterocycles. The van der Waals surface area contributed by atoms with Gasteiger partial charge in [0.25, 0.3) is 0 Å². The van der Waals surface area contributed by atoms with Gasteiger partial charge in [0.15, 0.2) is 11.6 Å². The summed E-state index contributed by atoms with van der Waals surface area (Å²) in [4.78, 5) is 10.9. The second-order valence-electron chi connectivity index (χ2n) is 5.64. The molecule has 2 aliphatic rings. The molecule has 4 rings (SSSR count). The molecule has 1 unspecified atom stereocenters. The van der Waals surface area contributed by atoms with Gasteiger partial charge in [-0.3, -0.25) is 4.57 Å². The molecule has 2 aliphatic heterocycles. The molecule has 0 bridgehead atoms. The molecule has 7 nitrogen and oxygen atoms in total. The van der Waals surface area contributed by atoms with Gasteiger partial charge in [0.2, 0.25) is 5.28 Å². The summed E-state index contributed by atoms with van der Waals surface area (Å²) in [7, 11) is 0. The number of ether oxygens (including phenoxy) is 1. The molecule has 0 amide bonds. The highest BCUT2D eigenvalue weighted by Gasteiger charge is 2.39. The Kier molecular flexibility index (Phi) is 3.27. The summed E-state index contributed by atoms with van der Waals surface area (Å²) >= 11 is 6.06. The lowest BCUT2D eigenvalue weighted by molar-refractivity contribution is 0.191. The molecule has 2 atom stereocenters. The molecule has 0 aromatic carbocycles. The molecule has 22 heavy (non-hydrogen) atoms. The van der Waals surface area contributed by atoms with Crippen LogP contribution in [-0.2, 0) is 4.74 Å². The van der Waals surface area contributed by atoms with E-state index >= 15 is 0 Å². The van der Waals surface area contributed by atoms with E-state index in [4.69, 9.17) is 16.3 Å². The molecule has 0 saturated carbocycles. The molecule has 1 fully saturated rings. The lowest BCUT2D eigenvalue weighted by atomic mass is 10.0. The molecule has 1 saturated heterocycles. The van der Waals surface area contributed by atoms with E-state index < -0.39 is 0 Å². The minimum absolute atomic E-state index is 0.117. The van der Waals surface area contributed by atoms with Crippen LogP contribution >= 0.6 is 11.6 Å². The fourth-order valence-corrected chi connectivity index (χ4v) is 3.53. The maximum atomic E-state index is 6.06. The summed E-state index contributed by atoms with van der Waals surface area (Å²) in [5.41, 5.74) is 0.888. The largest absolute Gasteiger partial charge is 0.379 e. The predicted octanol–water partition coefficient (Wildman–Crippen LogP) is 2.08. The van der Waals surface area contributed by atoms with Crippen LogP contribution in [0, 0.1) is 6.92 Å². The second-order valence-corrected chi connectivity index (χ2v) is 5.98. The maximum Gasteiger partial charge on any atom is 0.224 e. The number of hydrogen-bond acceptors (Lipinski definition) is 6. The molecular formula is C14H17ClN6O. The first-order valence-electron chi connectivity index (χ1n) is 7.51. The highest BCUT2D eigenvalue weighted by molar-refractivity contribution is 6.28. The highest BCUT2D eigenvalue weighted by Crippen LogP contribution is 2.41. The highest BCUT2D eigenvalue weighted by atomic mass is 35.5. The first-order valence-corrected chi connectivity index (χ1v) is 7.89. The fraction of sp³-hybridized carbons (Fsp3) is 0.571. The Morgan fingerprint density at radius 3 is 3.00 bits per heavy atom. The summed E-state index contributed by atoms with van der Waals surface area (Å²) in [6.45, 7) is 5.56. The zero-order chi connectivity index (χ0) is 15.3. The van der Waals surface area contributed by atoms with E-state index in [2.05, 4.69) is 32.0 Å². The second kappa shape index (κ2) is 5.17. The fourth-order valence-electron chi connectivity index (χ4n) is 3.41. The average molecular weight is 321 g/mol. The maximum absolute atomic E-state index is 6.06. The minimum Gasteiger partial charge on any atom is -0.379 e. The Labute approximate surface area is 133 Å². The first kappa shape index (κ1) is 13.9. The van der Waals surface area contributed by atoms with Gasteiger partial charge in [-0.15, -0.1) is 10.2 Å². The van der Waals surface area contributed by atoms with Gasteiger partial charge < -0.3 is 9.64 Å². The number of rotatable bonds is 2. The van der Waals surface area contributed by atoms with E-state index in [0.717, 1.165) is 42.6 Å². The van der Waals surface area contributed by atoms with Gasteiger partial charge in [-0.2, -0.15) is 4.98 Å². The van der Waals surface area contributed by atoms with Crippen LogP contribution in [0.5, 0.6) is 0 Å². The zero-order valence-corrected chi connectivity index (χ0v) is 13.3. The molecule has 0 aliphatic carbocycles. The zero-order valence-electron chi connectivity index (χ0n) is 12.5. The summed E-state index contributed by atoms with van der Waals surface area (Å²) in [6.07, 6.45) is 3.64. The monoisotopic (exact) mass is 320 g/mol. The van der Waals surface area contributed by atoms with E-state index in [0.29, 0.717) is 6.61 Å². The minimum atomic E-state index is 0.117. The molecule has 116 valence electrons. The molecule has 4 heterocycles. The Bertz CT molecular complexity index is 711. The Balaban J connectivity index is 1.94. The SMILES string of the molecule is CC[C@@H]1c2nnc(C)n2-c2cnc(Cl)nc2N1C1CCOC1. The number of hydrogen-bond donors (Lipinski definition) is 0. The average Bonchev–Trinajstić information content (AvgIpc) is 3.16. The van der Waals surface area contributed by atoms with Crippen LogP contribution in [0.3, 0.4) is 0 Å².